The molecule has 2 unspecified atom stereocenters. The molecule has 1 aliphatic heterocycles. The van der Waals surface area contributed by atoms with Gasteiger partial charge in [0, 0.05) is 12.8 Å². The van der Waals surface area contributed by atoms with E-state index in [1.165, 1.54) is 0 Å². The summed E-state index contributed by atoms with van der Waals surface area (Å²) < 4.78 is 10.3. The van der Waals surface area contributed by atoms with E-state index in [4.69, 9.17) is 9.47 Å². The number of aliphatic hydroxyl groups excluding tert-OH is 1. The molecule has 4 nitrogen and oxygen atoms in total. The van der Waals surface area contributed by atoms with Crippen molar-refractivity contribution < 1.29 is 19.4 Å². The fourth-order valence-corrected chi connectivity index (χ4v) is 1.58. The zero-order valence-electron chi connectivity index (χ0n) is 9.28. The lowest BCUT2D eigenvalue weighted by Gasteiger charge is -2.09. The van der Waals surface area contributed by atoms with E-state index in [2.05, 4.69) is 6.92 Å². The Balaban J connectivity index is 2.01. The molecule has 88 valence electrons. The van der Waals surface area contributed by atoms with Crippen molar-refractivity contribution in [3.05, 3.63) is 0 Å². The highest BCUT2D eigenvalue weighted by Crippen LogP contribution is 2.13. The molecule has 0 aliphatic carbocycles. The fraction of sp³-hybridized carbons (Fsp3) is 0.909. The monoisotopic (exact) mass is 216 g/mol. The summed E-state index contributed by atoms with van der Waals surface area (Å²) in [6.45, 7) is 2.74. The first-order valence-electron chi connectivity index (χ1n) is 5.67. The highest BCUT2D eigenvalue weighted by molar-refractivity contribution is 5.69. The number of carbonyl (C=O) groups excluding carboxylic acids is 1. The van der Waals surface area contributed by atoms with Crippen molar-refractivity contribution in [1.82, 2.24) is 0 Å². The van der Waals surface area contributed by atoms with Crippen LogP contribution in [0, 0.1) is 0 Å². The first kappa shape index (κ1) is 12.5. The van der Waals surface area contributed by atoms with Crippen LogP contribution in [0.4, 0.5) is 0 Å². The van der Waals surface area contributed by atoms with Crippen LogP contribution >= 0.6 is 0 Å². The third-order valence-corrected chi connectivity index (χ3v) is 2.47. The maximum atomic E-state index is 11.2. The zero-order chi connectivity index (χ0) is 11.1. The van der Waals surface area contributed by atoms with Crippen molar-refractivity contribution in [1.29, 1.82) is 0 Å². The van der Waals surface area contributed by atoms with E-state index in [0.717, 1.165) is 19.3 Å². The standard InChI is InChI=1S/C11H20O4/c1-2-3-4-5-11(13)15-8-10-6-9(12)7-14-10/h9-10,12H,2-8H2,1H3. The molecular weight excluding hydrogens is 196 g/mol. The molecule has 1 heterocycles. The Labute approximate surface area is 90.6 Å². The number of hydrogen-bond donors (Lipinski definition) is 1. The first-order chi connectivity index (χ1) is 7.22. The topological polar surface area (TPSA) is 55.8 Å². The van der Waals surface area contributed by atoms with Crippen LogP contribution in [0.5, 0.6) is 0 Å². The maximum Gasteiger partial charge on any atom is 0.305 e. The number of rotatable bonds is 6. The van der Waals surface area contributed by atoms with Crippen LogP contribution < -0.4 is 0 Å². The smallest absolute Gasteiger partial charge is 0.305 e. The number of aliphatic hydroxyl groups is 1. The van der Waals surface area contributed by atoms with Crippen LogP contribution in [-0.2, 0) is 14.3 Å². The second kappa shape index (κ2) is 6.80. The highest BCUT2D eigenvalue weighted by atomic mass is 16.6. The molecular formula is C11H20O4. The minimum absolute atomic E-state index is 0.116. The SMILES string of the molecule is CCCCCC(=O)OCC1CC(O)CO1. The van der Waals surface area contributed by atoms with Crippen molar-refractivity contribution in [2.24, 2.45) is 0 Å². The third kappa shape index (κ3) is 5.14. The Kier molecular flexibility index (Phi) is 5.65. The molecule has 0 aromatic rings. The largest absolute Gasteiger partial charge is 0.463 e. The summed E-state index contributed by atoms with van der Waals surface area (Å²) in [4.78, 5) is 11.2. The van der Waals surface area contributed by atoms with Crippen LogP contribution in [0.1, 0.15) is 39.0 Å². The quantitative estimate of drug-likeness (QED) is 0.536. The number of carbonyl (C=O) groups is 1. The summed E-state index contributed by atoms with van der Waals surface area (Å²) in [5, 5.41) is 9.17. The summed E-state index contributed by atoms with van der Waals surface area (Å²) in [5.41, 5.74) is 0. The van der Waals surface area contributed by atoms with Gasteiger partial charge in [0.25, 0.3) is 0 Å². The molecule has 0 radical (unpaired) electrons. The summed E-state index contributed by atoms with van der Waals surface area (Å²) in [6.07, 6.45) is 3.61. The lowest BCUT2D eigenvalue weighted by molar-refractivity contribution is -0.147. The maximum absolute atomic E-state index is 11.2. The molecule has 0 saturated carbocycles. The molecule has 4 heteroatoms. The van der Waals surface area contributed by atoms with Crippen LogP contribution in [0.25, 0.3) is 0 Å². The molecule has 0 aromatic heterocycles. The lowest BCUT2D eigenvalue weighted by Crippen LogP contribution is -2.18. The van der Waals surface area contributed by atoms with Crippen LogP contribution in [0.15, 0.2) is 0 Å². The normalized spacial score (nSPS) is 25.5. The second-order valence-corrected chi connectivity index (χ2v) is 3.98. The van der Waals surface area contributed by atoms with Gasteiger partial charge in [-0.05, 0) is 6.42 Å². The van der Waals surface area contributed by atoms with Crippen molar-refractivity contribution in [2.45, 2.75) is 51.2 Å². The molecule has 1 aliphatic rings. The number of esters is 1. The summed E-state index contributed by atoms with van der Waals surface area (Å²) in [5.74, 6) is -0.159. The summed E-state index contributed by atoms with van der Waals surface area (Å²) in [6, 6.07) is 0. The minimum atomic E-state index is -0.395. The number of unbranched alkanes of at least 4 members (excludes halogenated alkanes) is 2. The van der Waals surface area contributed by atoms with Crippen LogP contribution in [-0.4, -0.2) is 36.5 Å². The predicted octanol–water partition coefficient (Wildman–Crippen LogP) is 1.26. The molecule has 0 bridgehead atoms. The Morgan fingerprint density at radius 1 is 1.53 bits per heavy atom. The second-order valence-electron chi connectivity index (χ2n) is 3.98. The predicted molar refractivity (Wildman–Crippen MR) is 55.5 cm³/mol. The Morgan fingerprint density at radius 2 is 2.33 bits per heavy atom. The van der Waals surface area contributed by atoms with Crippen molar-refractivity contribution >= 4 is 5.97 Å². The van der Waals surface area contributed by atoms with Gasteiger partial charge in [-0.15, -0.1) is 0 Å². The highest BCUT2D eigenvalue weighted by Gasteiger charge is 2.24. The van der Waals surface area contributed by atoms with Gasteiger partial charge in [0.05, 0.1) is 18.8 Å². The molecule has 1 rings (SSSR count). The van der Waals surface area contributed by atoms with Crippen molar-refractivity contribution in [2.75, 3.05) is 13.2 Å². The van der Waals surface area contributed by atoms with Gasteiger partial charge in [0.1, 0.15) is 6.61 Å². The van der Waals surface area contributed by atoms with E-state index in [0.29, 0.717) is 19.4 Å². The van der Waals surface area contributed by atoms with Gasteiger partial charge >= 0.3 is 5.97 Å². The fourth-order valence-electron chi connectivity index (χ4n) is 1.58. The average molecular weight is 216 g/mol. The molecule has 0 spiro atoms. The molecule has 1 fully saturated rings. The summed E-state index contributed by atoms with van der Waals surface area (Å²) in [7, 11) is 0. The molecule has 2 atom stereocenters. The number of hydrogen-bond acceptors (Lipinski definition) is 4. The van der Waals surface area contributed by atoms with E-state index in [9.17, 15) is 9.90 Å². The zero-order valence-corrected chi connectivity index (χ0v) is 9.28. The lowest BCUT2D eigenvalue weighted by atomic mass is 10.2. The van der Waals surface area contributed by atoms with Gasteiger partial charge in [-0.3, -0.25) is 4.79 Å². The van der Waals surface area contributed by atoms with E-state index in [-0.39, 0.29) is 18.7 Å². The van der Waals surface area contributed by atoms with Crippen molar-refractivity contribution in [3.8, 4) is 0 Å². The Bertz CT molecular complexity index is 193. The van der Waals surface area contributed by atoms with Gasteiger partial charge in [0.15, 0.2) is 0 Å². The van der Waals surface area contributed by atoms with Gasteiger partial charge in [-0.2, -0.15) is 0 Å². The Hall–Kier alpha value is -0.610. The van der Waals surface area contributed by atoms with Crippen molar-refractivity contribution in [3.63, 3.8) is 0 Å². The van der Waals surface area contributed by atoms with E-state index >= 15 is 0 Å². The van der Waals surface area contributed by atoms with Crippen LogP contribution in [0.2, 0.25) is 0 Å². The summed E-state index contributed by atoms with van der Waals surface area (Å²) >= 11 is 0. The van der Waals surface area contributed by atoms with E-state index < -0.39 is 6.10 Å². The van der Waals surface area contributed by atoms with Gasteiger partial charge in [-0.1, -0.05) is 19.8 Å². The molecule has 15 heavy (non-hydrogen) atoms. The molecule has 1 N–H and O–H groups in total. The average Bonchev–Trinajstić information content (AvgIpc) is 2.62. The van der Waals surface area contributed by atoms with Gasteiger partial charge in [0.2, 0.25) is 0 Å². The van der Waals surface area contributed by atoms with Gasteiger partial charge in [-0.25, -0.2) is 0 Å². The number of ether oxygens (including phenoxy) is 2. The molecule has 1 saturated heterocycles. The van der Waals surface area contributed by atoms with Crippen LogP contribution in [0.3, 0.4) is 0 Å². The van der Waals surface area contributed by atoms with E-state index in [1.807, 2.05) is 0 Å². The van der Waals surface area contributed by atoms with E-state index in [1.54, 1.807) is 0 Å². The first-order valence-corrected chi connectivity index (χ1v) is 5.67. The molecule has 0 aromatic carbocycles. The minimum Gasteiger partial charge on any atom is -0.463 e. The third-order valence-electron chi connectivity index (χ3n) is 2.47. The van der Waals surface area contributed by atoms with Gasteiger partial charge < -0.3 is 14.6 Å². The molecule has 0 amide bonds. The Morgan fingerprint density at radius 3 is 2.93 bits per heavy atom.